The summed E-state index contributed by atoms with van der Waals surface area (Å²) in [4.78, 5) is 36.8. The molecule has 2 fully saturated rings. The minimum Gasteiger partial charge on any atom is -0.465 e. The second-order valence-corrected chi connectivity index (χ2v) is 8.97. The van der Waals surface area contributed by atoms with Crippen molar-refractivity contribution in [3.63, 3.8) is 0 Å². The van der Waals surface area contributed by atoms with Crippen molar-refractivity contribution in [3.8, 4) is 17.2 Å². The van der Waals surface area contributed by atoms with E-state index < -0.39 is 6.09 Å². The first-order valence-electron chi connectivity index (χ1n) is 11.5. The lowest BCUT2D eigenvalue weighted by Crippen LogP contribution is -2.39. The lowest BCUT2D eigenvalue weighted by Gasteiger charge is -2.30. The molecule has 0 spiro atoms. The van der Waals surface area contributed by atoms with E-state index >= 15 is 0 Å². The number of hydrogen-bond acceptors (Lipinski definition) is 7. The van der Waals surface area contributed by atoms with Gasteiger partial charge in [-0.3, -0.25) is 9.78 Å². The molecule has 9 heteroatoms. The number of hydrogen-bond donors (Lipinski definition) is 3. The highest BCUT2D eigenvalue weighted by atomic mass is 16.4. The Kier molecular flexibility index (Phi) is 5.80. The Bertz CT molecular complexity index is 1290. The van der Waals surface area contributed by atoms with Gasteiger partial charge >= 0.3 is 6.09 Å². The summed E-state index contributed by atoms with van der Waals surface area (Å²) in [6, 6.07) is 7.83. The lowest BCUT2D eigenvalue weighted by molar-refractivity contribution is 0.0968. The Hall–Kier alpha value is -4.06. The van der Waals surface area contributed by atoms with Crippen LogP contribution in [-0.4, -0.2) is 44.0 Å². The standard InChI is InChI=1S/C25H24N6O3/c26-10-22-28-11-16(12-29-22)15-3-8-21-19(9-15)23(20(13-27-21)24(32)14-1-2-14)30-17-4-6-18(7-5-17)31-25(33)34/h3,8-9,11-14,17-18,31H,1-2,4-7H2,(H,27,30)(H,33,34). The molecule has 2 heterocycles. The van der Waals surface area contributed by atoms with Gasteiger partial charge in [0.2, 0.25) is 5.82 Å². The number of rotatable bonds is 6. The van der Waals surface area contributed by atoms with Crippen molar-refractivity contribution in [1.29, 1.82) is 5.26 Å². The summed E-state index contributed by atoms with van der Waals surface area (Å²) in [7, 11) is 0. The van der Waals surface area contributed by atoms with E-state index in [0.29, 0.717) is 5.56 Å². The molecule has 3 aromatic rings. The summed E-state index contributed by atoms with van der Waals surface area (Å²) in [5.41, 5.74) is 3.80. The van der Waals surface area contributed by atoms with Gasteiger partial charge in [-0.15, -0.1) is 0 Å². The molecule has 5 rings (SSSR count). The molecule has 2 aromatic heterocycles. The van der Waals surface area contributed by atoms with Crippen molar-refractivity contribution in [3.05, 3.63) is 48.2 Å². The first-order chi connectivity index (χ1) is 16.5. The summed E-state index contributed by atoms with van der Waals surface area (Å²) in [6.45, 7) is 0. The molecule has 9 nitrogen and oxygen atoms in total. The highest BCUT2D eigenvalue weighted by molar-refractivity contribution is 6.10. The van der Waals surface area contributed by atoms with E-state index in [1.54, 1.807) is 18.6 Å². The van der Waals surface area contributed by atoms with E-state index in [4.69, 9.17) is 10.4 Å². The zero-order chi connectivity index (χ0) is 23.7. The number of carboxylic acid groups (broad SMARTS) is 1. The Morgan fingerprint density at radius 1 is 0.941 bits per heavy atom. The Labute approximate surface area is 196 Å². The maximum Gasteiger partial charge on any atom is 0.404 e. The van der Waals surface area contributed by atoms with Crippen molar-refractivity contribution in [1.82, 2.24) is 20.3 Å². The van der Waals surface area contributed by atoms with Gasteiger partial charge in [0.05, 0.1) is 16.8 Å². The third kappa shape index (κ3) is 4.53. The number of amides is 1. The topological polar surface area (TPSA) is 141 Å². The second kappa shape index (κ2) is 9.06. The van der Waals surface area contributed by atoms with Crippen molar-refractivity contribution < 1.29 is 14.7 Å². The van der Waals surface area contributed by atoms with Crippen molar-refractivity contribution >= 4 is 28.5 Å². The van der Waals surface area contributed by atoms with E-state index in [1.165, 1.54) is 0 Å². The van der Waals surface area contributed by atoms with Crippen LogP contribution in [0.4, 0.5) is 10.5 Å². The van der Waals surface area contributed by atoms with Crippen molar-refractivity contribution in [2.75, 3.05) is 5.32 Å². The number of nitriles is 1. The van der Waals surface area contributed by atoms with Gasteiger partial charge in [0.1, 0.15) is 6.07 Å². The number of aromatic nitrogens is 3. The molecule has 0 saturated heterocycles. The number of carbonyl (C=O) groups excluding carboxylic acids is 1. The molecule has 0 radical (unpaired) electrons. The van der Waals surface area contributed by atoms with Crippen LogP contribution in [0.25, 0.3) is 22.0 Å². The highest BCUT2D eigenvalue weighted by Gasteiger charge is 2.33. The average molecular weight is 457 g/mol. The minimum atomic E-state index is -0.992. The number of benzene rings is 1. The van der Waals surface area contributed by atoms with Gasteiger partial charge in [-0.1, -0.05) is 6.07 Å². The number of carbonyl (C=O) groups is 2. The van der Waals surface area contributed by atoms with Crippen LogP contribution in [-0.2, 0) is 0 Å². The molecule has 2 saturated carbocycles. The quantitative estimate of drug-likeness (QED) is 0.470. The Morgan fingerprint density at radius 3 is 2.29 bits per heavy atom. The van der Waals surface area contributed by atoms with Crippen LogP contribution >= 0.6 is 0 Å². The smallest absolute Gasteiger partial charge is 0.404 e. The Morgan fingerprint density at radius 2 is 1.65 bits per heavy atom. The largest absolute Gasteiger partial charge is 0.465 e. The number of Topliss-reactive ketones (excluding diaryl/α,β-unsaturated/α-hetero) is 1. The van der Waals surface area contributed by atoms with Gasteiger partial charge < -0.3 is 15.7 Å². The van der Waals surface area contributed by atoms with Crippen LogP contribution in [0.3, 0.4) is 0 Å². The lowest BCUT2D eigenvalue weighted by atomic mass is 9.90. The molecule has 0 bridgehead atoms. The number of ketones is 1. The van der Waals surface area contributed by atoms with E-state index in [2.05, 4.69) is 25.6 Å². The maximum atomic E-state index is 13.1. The van der Waals surface area contributed by atoms with Gasteiger partial charge in [0.25, 0.3) is 0 Å². The zero-order valence-corrected chi connectivity index (χ0v) is 18.5. The van der Waals surface area contributed by atoms with Gasteiger partial charge in [-0.05, 0) is 56.2 Å². The fourth-order valence-corrected chi connectivity index (χ4v) is 4.58. The molecule has 2 aliphatic rings. The summed E-state index contributed by atoms with van der Waals surface area (Å²) in [5.74, 6) is 0.287. The van der Waals surface area contributed by atoms with E-state index in [1.807, 2.05) is 24.3 Å². The van der Waals surface area contributed by atoms with Gasteiger partial charge in [0, 0.05) is 47.5 Å². The number of anilines is 1. The monoisotopic (exact) mass is 456 g/mol. The van der Waals surface area contributed by atoms with Gasteiger partial charge in [0.15, 0.2) is 5.78 Å². The number of pyridine rings is 1. The van der Waals surface area contributed by atoms with Crippen LogP contribution in [0.1, 0.15) is 54.7 Å². The maximum absolute atomic E-state index is 13.1. The summed E-state index contributed by atoms with van der Waals surface area (Å²) < 4.78 is 0. The van der Waals surface area contributed by atoms with Crippen LogP contribution in [0, 0.1) is 17.2 Å². The SMILES string of the molecule is N#Cc1ncc(-c2ccc3ncc(C(=O)C4CC4)c(NC4CCC(NC(=O)O)CC4)c3c2)cn1. The number of fused-ring (bicyclic) bond motifs is 1. The van der Waals surface area contributed by atoms with Gasteiger partial charge in [-0.25, -0.2) is 14.8 Å². The fraction of sp³-hybridized carbons (Fsp3) is 0.360. The fourth-order valence-electron chi connectivity index (χ4n) is 4.58. The predicted octanol–water partition coefficient (Wildman–Crippen LogP) is 4.15. The van der Waals surface area contributed by atoms with E-state index in [0.717, 1.165) is 66.2 Å². The average Bonchev–Trinajstić information content (AvgIpc) is 3.70. The molecular formula is C25H24N6O3. The number of nitrogens with zero attached hydrogens (tertiary/aromatic N) is 4. The molecule has 0 atom stereocenters. The predicted molar refractivity (Wildman–Crippen MR) is 125 cm³/mol. The van der Waals surface area contributed by atoms with Crippen LogP contribution < -0.4 is 10.6 Å². The van der Waals surface area contributed by atoms with Crippen molar-refractivity contribution in [2.45, 2.75) is 50.6 Å². The summed E-state index contributed by atoms with van der Waals surface area (Å²) in [5, 5.41) is 25.0. The van der Waals surface area contributed by atoms with Crippen LogP contribution in [0.15, 0.2) is 36.8 Å². The normalized spacial score (nSPS) is 19.9. The molecule has 0 aliphatic heterocycles. The van der Waals surface area contributed by atoms with E-state index in [-0.39, 0.29) is 29.6 Å². The molecular weight excluding hydrogens is 432 g/mol. The summed E-state index contributed by atoms with van der Waals surface area (Å²) in [6.07, 6.45) is 8.81. The molecule has 1 aromatic carbocycles. The third-order valence-corrected chi connectivity index (χ3v) is 6.57. The van der Waals surface area contributed by atoms with Gasteiger partial charge in [-0.2, -0.15) is 5.26 Å². The van der Waals surface area contributed by atoms with Crippen LogP contribution in [0.2, 0.25) is 0 Å². The molecule has 1 amide bonds. The van der Waals surface area contributed by atoms with Crippen molar-refractivity contribution in [2.24, 2.45) is 5.92 Å². The molecule has 2 aliphatic carbocycles. The minimum absolute atomic E-state index is 0.0414. The third-order valence-electron chi connectivity index (χ3n) is 6.57. The number of nitrogens with one attached hydrogen (secondary N) is 2. The Balaban J connectivity index is 1.50. The first kappa shape index (κ1) is 21.8. The van der Waals surface area contributed by atoms with E-state index in [9.17, 15) is 9.59 Å². The molecule has 0 unspecified atom stereocenters. The molecule has 34 heavy (non-hydrogen) atoms. The second-order valence-electron chi connectivity index (χ2n) is 8.97. The first-order valence-corrected chi connectivity index (χ1v) is 11.5. The van der Waals surface area contributed by atoms with Crippen LogP contribution in [0.5, 0.6) is 0 Å². The highest BCUT2D eigenvalue weighted by Crippen LogP contribution is 2.38. The molecule has 3 N–H and O–H groups in total. The zero-order valence-electron chi connectivity index (χ0n) is 18.5. The summed E-state index contributed by atoms with van der Waals surface area (Å²) >= 11 is 0. The molecule has 172 valence electrons.